The van der Waals surface area contributed by atoms with Gasteiger partial charge in [-0.3, -0.25) is 4.84 Å². The molecule has 0 aliphatic rings. The largest absolute Gasteiger partial charge is 0.297 e. The first kappa shape index (κ1) is 14.3. The van der Waals surface area contributed by atoms with E-state index in [1.165, 1.54) is 10.5 Å². The topological polar surface area (TPSA) is 21.3 Å². The molecule has 0 radical (unpaired) electrons. The molecule has 1 aromatic rings. The number of rotatable bonds is 8. The molecule has 0 amide bonds. The Morgan fingerprint density at radius 1 is 1.41 bits per heavy atom. The van der Waals surface area contributed by atoms with Crippen molar-refractivity contribution >= 4 is 11.8 Å². The van der Waals surface area contributed by atoms with Gasteiger partial charge >= 0.3 is 0 Å². The minimum absolute atomic E-state index is 0.357. The zero-order chi connectivity index (χ0) is 12.5. The van der Waals surface area contributed by atoms with Crippen molar-refractivity contribution < 1.29 is 4.84 Å². The first-order chi connectivity index (χ1) is 8.30. The summed E-state index contributed by atoms with van der Waals surface area (Å²) in [6.07, 6.45) is 5.87. The highest BCUT2D eigenvalue weighted by molar-refractivity contribution is 7.98. The maximum Gasteiger partial charge on any atom is 0.0861 e. The van der Waals surface area contributed by atoms with E-state index in [1.54, 1.807) is 17.8 Å². The van der Waals surface area contributed by atoms with Gasteiger partial charge in [0.25, 0.3) is 0 Å². The van der Waals surface area contributed by atoms with Crippen molar-refractivity contribution in [1.29, 1.82) is 0 Å². The Morgan fingerprint density at radius 3 is 2.65 bits per heavy atom. The number of hydrogen-bond acceptors (Lipinski definition) is 3. The van der Waals surface area contributed by atoms with Gasteiger partial charge in [0.1, 0.15) is 0 Å². The van der Waals surface area contributed by atoms with E-state index in [4.69, 9.17) is 4.84 Å². The molecule has 0 heterocycles. The van der Waals surface area contributed by atoms with Gasteiger partial charge in [0, 0.05) is 10.9 Å². The van der Waals surface area contributed by atoms with Crippen LogP contribution in [0, 0.1) is 0 Å². The molecule has 0 aliphatic heterocycles. The molecule has 1 rings (SSSR count). The molecule has 1 aromatic carbocycles. The van der Waals surface area contributed by atoms with Crippen LogP contribution >= 0.6 is 11.8 Å². The van der Waals surface area contributed by atoms with Crippen LogP contribution in [0.5, 0.6) is 0 Å². The standard InChI is InChI=1S/C14H21NOS/c1-4-10-16-15-13(5-2)11-12-6-8-14(17-3)9-7-12/h4,6-9,13,15H,1,5,10-11H2,2-3H3. The third kappa shape index (κ3) is 5.39. The van der Waals surface area contributed by atoms with Crippen molar-refractivity contribution in [3.05, 3.63) is 42.5 Å². The highest BCUT2D eigenvalue weighted by Crippen LogP contribution is 2.16. The van der Waals surface area contributed by atoms with Crippen LogP contribution in [0.4, 0.5) is 0 Å². The number of hydroxylamine groups is 1. The summed E-state index contributed by atoms with van der Waals surface area (Å²) in [7, 11) is 0. The second kappa shape index (κ2) is 8.34. The van der Waals surface area contributed by atoms with Crippen LogP contribution in [0.1, 0.15) is 18.9 Å². The molecule has 0 spiro atoms. The van der Waals surface area contributed by atoms with Gasteiger partial charge in [-0.05, 0) is 36.8 Å². The van der Waals surface area contributed by atoms with Crippen LogP contribution in [0.15, 0.2) is 41.8 Å². The summed E-state index contributed by atoms with van der Waals surface area (Å²) in [5.41, 5.74) is 4.41. The van der Waals surface area contributed by atoms with E-state index in [2.05, 4.69) is 49.5 Å². The second-order valence-electron chi connectivity index (χ2n) is 3.87. The van der Waals surface area contributed by atoms with Gasteiger partial charge in [0.15, 0.2) is 0 Å². The van der Waals surface area contributed by atoms with Gasteiger partial charge in [0.2, 0.25) is 0 Å². The first-order valence-electron chi connectivity index (χ1n) is 5.91. The van der Waals surface area contributed by atoms with Crippen molar-refractivity contribution in [2.24, 2.45) is 0 Å². The third-order valence-electron chi connectivity index (χ3n) is 2.59. The summed E-state index contributed by atoms with van der Waals surface area (Å²) in [5, 5.41) is 0. The molecular formula is C14H21NOS. The van der Waals surface area contributed by atoms with E-state index in [9.17, 15) is 0 Å². The molecule has 94 valence electrons. The van der Waals surface area contributed by atoms with E-state index >= 15 is 0 Å². The van der Waals surface area contributed by atoms with Crippen molar-refractivity contribution in [1.82, 2.24) is 5.48 Å². The first-order valence-corrected chi connectivity index (χ1v) is 7.13. The van der Waals surface area contributed by atoms with Crippen LogP contribution in [-0.4, -0.2) is 18.9 Å². The molecule has 0 aliphatic carbocycles. The maximum atomic E-state index is 5.28. The molecule has 2 nitrogen and oxygen atoms in total. The lowest BCUT2D eigenvalue weighted by Crippen LogP contribution is -2.30. The lowest BCUT2D eigenvalue weighted by molar-refractivity contribution is 0.0339. The number of nitrogens with one attached hydrogen (secondary N) is 1. The average Bonchev–Trinajstić information content (AvgIpc) is 2.38. The minimum atomic E-state index is 0.357. The SMILES string of the molecule is C=CCONC(CC)Cc1ccc(SC)cc1. The average molecular weight is 251 g/mol. The van der Waals surface area contributed by atoms with Crippen molar-refractivity contribution in [2.45, 2.75) is 30.7 Å². The fourth-order valence-electron chi connectivity index (χ4n) is 1.54. The second-order valence-corrected chi connectivity index (χ2v) is 4.75. The molecule has 1 atom stereocenters. The zero-order valence-corrected chi connectivity index (χ0v) is 11.4. The highest BCUT2D eigenvalue weighted by Gasteiger charge is 2.06. The summed E-state index contributed by atoms with van der Waals surface area (Å²) in [5.74, 6) is 0. The molecule has 1 unspecified atom stereocenters. The molecule has 0 saturated carbocycles. The lowest BCUT2D eigenvalue weighted by Gasteiger charge is -2.16. The van der Waals surface area contributed by atoms with E-state index in [-0.39, 0.29) is 0 Å². The Bertz CT molecular complexity index is 323. The summed E-state index contributed by atoms with van der Waals surface area (Å²) < 4.78 is 0. The molecular weight excluding hydrogens is 230 g/mol. The predicted octanol–water partition coefficient (Wildman–Crippen LogP) is 3.44. The minimum Gasteiger partial charge on any atom is -0.297 e. The Hall–Kier alpha value is -0.770. The van der Waals surface area contributed by atoms with E-state index in [0.717, 1.165) is 12.8 Å². The van der Waals surface area contributed by atoms with Crippen molar-refractivity contribution in [2.75, 3.05) is 12.9 Å². The number of hydrogen-bond donors (Lipinski definition) is 1. The quantitative estimate of drug-likeness (QED) is 0.331. The highest BCUT2D eigenvalue weighted by atomic mass is 32.2. The van der Waals surface area contributed by atoms with Crippen molar-refractivity contribution in [3.8, 4) is 0 Å². The molecule has 0 fully saturated rings. The van der Waals surface area contributed by atoms with Gasteiger partial charge in [-0.1, -0.05) is 25.1 Å². The summed E-state index contributed by atoms with van der Waals surface area (Å²) in [6, 6.07) is 9.05. The Morgan fingerprint density at radius 2 is 2.12 bits per heavy atom. The monoisotopic (exact) mass is 251 g/mol. The zero-order valence-electron chi connectivity index (χ0n) is 10.6. The van der Waals surface area contributed by atoms with E-state index < -0.39 is 0 Å². The van der Waals surface area contributed by atoms with Crippen LogP contribution in [0.25, 0.3) is 0 Å². The normalized spacial score (nSPS) is 12.4. The van der Waals surface area contributed by atoms with Gasteiger partial charge in [-0.15, -0.1) is 18.3 Å². The summed E-state index contributed by atoms with van der Waals surface area (Å²) in [4.78, 5) is 6.58. The molecule has 0 bridgehead atoms. The fourth-order valence-corrected chi connectivity index (χ4v) is 1.95. The third-order valence-corrected chi connectivity index (χ3v) is 3.33. The van der Waals surface area contributed by atoms with Gasteiger partial charge < -0.3 is 0 Å². The van der Waals surface area contributed by atoms with Crippen LogP contribution < -0.4 is 5.48 Å². The van der Waals surface area contributed by atoms with Gasteiger partial charge in [-0.25, -0.2) is 0 Å². The molecule has 17 heavy (non-hydrogen) atoms. The smallest absolute Gasteiger partial charge is 0.0861 e. The number of benzene rings is 1. The Labute approximate surface area is 108 Å². The van der Waals surface area contributed by atoms with Gasteiger partial charge in [-0.2, -0.15) is 5.48 Å². The Balaban J connectivity index is 2.45. The lowest BCUT2D eigenvalue weighted by atomic mass is 10.1. The molecule has 3 heteroatoms. The maximum absolute atomic E-state index is 5.28. The molecule has 1 N–H and O–H groups in total. The summed E-state index contributed by atoms with van der Waals surface area (Å²) >= 11 is 1.77. The van der Waals surface area contributed by atoms with Crippen LogP contribution in [0.2, 0.25) is 0 Å². The van der Waals surface area contributed by atoms with E-state index in [1.807, 2.05) is 0 Å². The predicted molar refractivity (Wildman–Crippen MR) is 75.3 cm³/mol. The van der Waals surface area contributed by atoms with Crippen LogP contribution in [-0.2, 0) is 11.3 Å². The van der Waals surface area contributed by atoms with Gasteiger partial charge in [0.05, 0.1) is 6.61 Å². The summed E-state index contributed by atoms with van der Waals surface area (Å²) in [6.45, 7) is 6.32. The van der Waals surface area contributed by atoms with Crippen LogP contribution in [0.3, 0.4) is 0 Å². The van der Waals surface area contributed by atoms with Crippen molar-refractivity contribution in [3.63, 3.8) is 0 Å². The Kier molecular flexibility index (Phi) is 7.01. The fraction of sp³-hybridized carbons (Fsp3) is 0.429. The molecule has 0 aromatic heterocycles. The molecule has 0 saturated heterocycles. The number of thioether (sulfide) groups is 1. The van der Waals surface area contributed by atoms with E-state index in [0.29, 0.717) is 12.6 Å².